The Hall–Kier alpha value is -1.98. The van der Waals surface area contributed by atoms with Crippen LogP contribution in [0.3, 0.4) is 0 Å². The lowest BCUT2D eigenvalue weighted by Gasteiger charge is -2.20. The zero-order valence-corrected chi connectivity index (χ0v) is 12.1. The Balaban J connectivity index is 2.21. The third kappa shape index (κ3) is 3.56. The van der Waals surface area contributed by atoms with E-state index >= 15 is 0 Å². The summed E-state index contributed by atoms with van der Waals surface area (Å²) in [5.74, 6) is -0.708. The second kappa shape index (κ2) is 6.65. The number of nitrogen functional groups attached to an aromatic ring is 2. The number of aliphatic hydroxyl groups excluding tert-OH is 1. The van der Waals surface area contributed by atoms with Crippen LogP contribution in [0.15, 0.2) is 36.4 Å². The number of nitrogens with two attached hydrogens (primary N) is 2. The van der Waals surface area contributed by atoms with Gasteiger partial charge < -0.3 is 21.9 Å². The van der Waals surface area contributed by atoms with Crippen molar-refractivity contribution in [2.45, 2.75) is 12.5 Å². The van der Waals surface area contributed by atoms with Gasteiger partial charge in [-0.1, -0.05) is 41.9 Å². The maximum atomic E-state index is 14.1. The first-order valence-electron chi connectivity index (χ1n) is 6.47. The van der Waals surface area contributed by atoms with Gasteiger partial charge in [-0.3, -0.25) is 0 Å². The quantitative estimate of drug-likeness (QED) is 0.640. The Morgan fingerprint density at radius 3 is 2.48 bits per heavy atom. The Morgan fingerprint density at radius 2 is 1.86 bits per heavy atom. The van der Waals surface area contributed by atoms with Gasteiger partial charge in [-0.05, 0) is 18.1 Å². The lowest BCUT2D eigenvalue weighted by molar-refractivity contribution is 0.273. The first kappa shape index (κ1) is 15.4. The molecular weight excluding hydrogens is 293 g/mol. The molecule has 0 heterocycles. The van der Waals surface area contributed by atoms with E-state index in [1.165, 1.54) is 6.07 Å². The van der Waals surface area contributed by atoms with Gasteiger partial charge in [-0.25, -0.2) is 4.39 Å². The van der Waals surface area contributed by atoms with Crippen LogP contribution in [0.2, 0.25) is 5.02 Å². The van der Waals surface area contributed by atoms with Crippen LogP contribution in [0.4, 0.5) is 21.5 Å². The van der Waals surface area contributed by atoms with Crippen molar-refractivity contribution in [3.63, 3.8) is 0 Å². The first-order valence-corrected chi connectivity index (χ1v) is 6.85. The summed E-state index contributed by atoms with van der Waals surface area (Å²) in [7, 11) is 0. The zero-order valence-electron chi connectivity index (χ0n) is 11.3. The van der Waals surface area contributed by atoms with Gasteiger partial charge in [0.2, 0.25) is 0 Å². The van der Waals surface area contributed by atoms with Gasteiger partial charge in [0, 0.05) is 0 Å². The van der Waals surface area contributed by atoms with E-state index in [0.717, 1.165) is 5.56 Å². The number of rotatable bonds is 5. The highest BCUT2D eigenvalue weighted by molar-refractivity contribution is 6.33. The average molecular weight is 310 g/mol. The highest BCUT2D eigenvalue weighted by atomic mass is 35.5. The van der Waals surface area contributed by atoms with E-state index < -0.39 is 5.82 Å². The minimum Gasteiger partial charge on any atom is -0.397 e. The second-order valence-electron chi connectivity index (χ2n) is 4.77. The van der Waals surface area contributed by atoms with Crippen molar-refractivity contribution in [2.24, 2.45) is 0 Å². The van der Waals surface area contributed by atoms with Crippen LogP contribution < -0.4 is 16.8 Å². The van der Waals surface area contributed by atoms with E-state index in [4.69, 9.17) is 23.1 Å². The van der Waals surface area contributed by atoms with Gasteiger partial charge in [-0.2, -0.15) is 0 Å². The molecule has 2 aromatic carbocycles. The number of hydrogen-bond acceptors (Lipinski definition) is 4. The van der Waals surface area contributed by atoms with Crippen molar-refractivity contribution < 1.29 is 9.50 Å². The lowest BCUT2D eigenvalue weighted by atomic mass is 10.1. The Kier molecular flexibility index (Phi) is 4.88. The molecule has 6 N–H and O–H groups in total. The topological polar surface area (TPSA) is 84.3 Å². The molecule has 0 aliphatic heterocycles. The largest absolute Gasteiger partial charge is 0.397 e. The molecule has 6 heteroatoms. The van der Waals surface area contributed by atoms with Gasteiger partial charge in [0.05, 0.1) is 29.7 Å². The van der Waals surface area contributed by atoms with Crippen molar-refractivity contribution in [2.75, 3.05) is 23.4 Å². The molecule has 0 aromatic heterocycles. The van der Waals surface area contributed by atoms with Crippen LogP contribution in [-0.2, 0) is 6.42 Å². The van der Waals surface area contributed by atoms with Gasteiger partial charge in [0.25, 0.3) is 0 Å². The monoisotopic (exact) mass is 309 g/mol. The first-order chi connectivity index (χ1) is 10.0. The van der Waals surface area contributed by atoms with Crippen LogP contribution in [0.1, 0.15) is 5.56 Å². The summed E-state index contributed by atoms with van der Waals surface area (Å²) in [4.78, 5) is 0. The van der Waals surface area contributed by atoms with Crippen molar-refractivity contribution in [3.8, 4) is 0 Å². The Morgan fingerprint density at radius 1 is 1.19 bits per heavy atom. The molecule has 112 valence electrons. The lowest BCUT2D eigenvalue weighted by Crippen LogP contribution is -2.27. The molecule has 0 spiro atoms. The van der Waals surface area contributed by atoms with Crippen LogP contribution >= 0.6 is 11.6 Å². The summed E-state index contributed by atoms with van der Waals surface area (Å²) in [6.45, 7) is -0.171. The fraction of sp³-hybridized carbons (Fsp3) is 0.200. The second-order valence-corrected chi connectivity index (χ2v) is 5.15. The number of nitrogens with one attached hydrogen (secondary N) is 1. The molecule has 0 aliphatic carbocycles. The van der Waals surface area contributed by atoms with E-state index in [1.807, 2.05) is 30.3 Å². The molecule has 0 amide bonds. The van der Waals surface area contributed by atoms with Crippen LogP contribution in [0.25, 0.3) is 0 Å². The molecule has 0 saturated heterocycles. The molecule has 4 nitrogen and oxygen atoms in total. The molecule has 1 unspecified atom stereocenters. The average Bonchev–Trinajstić information content (AvgIpc) is 2.49. The van der Waals surface area contributed by atoms with Gasteiger partial charge >= 0.3 is 0 Å². The highest BCUT2D eigenvalue weighted by Gasteiger charge is 2.17. The maximum Gasteiger partial charge on any atom is 0.169 e. The van der Waals surface area contributed by atoms with Gasteiger partial charge in [0.15, 0.2) is 5.82 Å². The SMILES string of the molecule is Nc1cc(N)c(NC(CO)Cc2ccccc2)c(F)c1Cl. The molecule has 2 aromatic rings. The minimum atomic E-state index is -0.708. The van der Waals surface area contributed by atoms with Crippen LogP contribution in [0, 0.1) is 5.82 Å². The van der Waals surface area contributed by atoms with E-state index in [0.29, 0.717) is 6.42 Å². The Labute approximate surface area is 127 Å². The summed E-state index contributed by atoms with van der Waals surface area (Å²) >= 11 is 5.78. The molecule has 0 aliphatic rings. The molecular formula is C15H17ClFN3O. The van der Waals surface area contributed by atoms with Crippen molar-refractivity contribution in [1.82, 2.24) is 0 Å². The molecule has 1 atom stereocenters. The number of aliphatic hydroxyl groups is 1. The predicted octanol–water partition coefficient (Wildman–Crippen LogP) is 2.66. The predicted molar refractivity (Wildman–Crippen MR) is 84.9 cm³/mol. The summed E-state index contributed by atoms with van der Waals surface area (Å²) < 4.78 is 14.1. The summed E-state index contributed by atoms with van der Waals surface area (Å²) in [6.07, 6.45) is 0.526. The third-order valence-corrected chi connectivity index (χ3v) is 3.54. The molecule has 0 radical (unpaired) electrons. The van der Waals surface area contributed by atoms with E-state index in [9.17, 15) is 9.50 Å². The van der Waals surface area contributed by atoms with Crippen LogP contribution in [0.5, 0.6) is 0 Å². The standard InChI is InChI=1S/C15H17ClFN3O/c16-13-11(18)7-12(19)15(14(13)17)20-10(8-21)6-9-4-2-1-3-5-9/h1-5,7,10,20-21H,6,8,18-19H2. The molecule has 2 rings (SSSR count). The highest BCUT2D eigenvalue weighted by Crippen LogP contribution is 2.34. The van der Waals surface area contributed by atoms with Gasteiger partial charge in [0.1, 0.15) is 5.02 Å². The van der Waals surface area contributed by atoms with Crippen molar-refractivity contribution in [1.29, 1.82) is 0 Å². The molecule has 21 heavy (non-hydrogen) atoms. The third-order valence-electron chi connectivity index (χ3n) is 3.16. The zero-order chi connectivity index (χ0) is 15.4. The van der Waals surface area contributed by atoms with E-state index in [1.54, 1.807) is 0 Å². The molecule has 0 saturated carbocycles. The van der Waals surface area contributed by atoms with Crippen molar-refractivity contribution >= 4 is 28.7 Å². The van der Waals surface area contributed by atoms with Gasteiger partial charge in [-0.15, -0.1) is 0 Å². The summed E-state index contributed by atoms with van der Waals surface area (Å²) in [5, 5.41) is 12.2. The summed E-state index contributed by atoms with van der Waals surface area (Å²) in [5.41, 5.74) is 12.6. The fourth-order valence-corrected chi connectivity index (χ4v) is 2.23. The number of halogens is 2. The molecule has 0 fully saturated rings. The Bertz CT molecular complexity index is 622. The smallest absolute Gasteiger partial charge is 0.169 e. The normalized spacial score (nSPS) is 12.1. The fourth-order valence-electron chi connectivity index (χ4n) is 2.08. The van der Waals surface area contributed by atoms with E-state index in [2.05, 4.69) is 5.32 Å². The van der Waals surface area contributed by atoms with Crippen molar-refractivity contribution in [3.05, 3.63) is 52.8 Å². The minimum absolute atomic E-state index is 0.0594. The number of hydrogen-bond donors (Lipinski definition) is 4. The van der Waals surface area contributed by atoms with E-state index in [-0.39, 0.29) is 34.7 Å². The number of anilines is 3. The summed E-state index contributed by atoms with van der Waals surface area (Å²) in [6, 6.07) is 10.6. The molecule has 0 bridgehead atoms. The number of benzene rings is 2. The maximum absolute atomic E-state index is 14.1. The van der Waals surface area contributed by atoms with Crippen LogP contribution in [-0.4, -0.2) is 17.8 Å².